The molecule has 0 aromatic rings. The van der Waals surface area contributed by atoms with Crippen LogP contribution in [0.5, 0.6) is 0 Å². The molecule has 0 atom stereocenters. The number of aliphatic carboxylic acids is 1. The lowest BCUT2D eigenvalue weighted by Gasteiger charge is -2.03. The lowest BCUT2D eigenvalue weighted by molar-refractivity contribution is -0.137. The number of carbonyl (C=O) groups is 1. The van der Waals surface area contributed by atoms with Crippen LogP contribution >= 0.6 is 11.8 Å². The fourth-order valence-electron chi connectivity index (χ4n) is 2.27. The zero-order chi connectivity index (χ0) is 14.9. The van der Waals surface area contributed by atoms with E-state index in [0.717, 1.165) is 12.8 Å². The van der Waals surface area contributed by atoms with Crippen molar-refractivity contribution >= 4 is 17.7 Å². The molecule has 0 amide bonds. The van der Waals surface area contributed by atoms with Crippen LogP contribution in [0.1, 0.15) is 90.4 Å². The van der Waals surface area contributed by atoms with Gasteiger partial charge in [-0.25, -0.2) is 0 Å². The van der Waals surface area contributed by atoms with Crippen LogP contribution in [0.4, 0.5) is 0 Å². The lowest BCUT2D eigenvalue weighted by Crippen LogP contribution is -1.93. The van der Waals surface area contributed by atoms with E-state index in [9.17, 15) is 4.79 Å². The van der Waals surface area contributed by atoms with E-state index in [1.54, 1.807) is 0 Å². The molecule has 1 N–H and O–H groups in total. The van der Waals surface area contributed by atoms with E-state index in [1.807, 2.05) is 0 Å². The van der Waals surface area contributed by atoms with Gasteiger partial charge >= 0.3 is 5.97 Å². The van der Waals surface area contributed by atoms with Gasteiger partial charge in [0.2, 0.25) is 0 Å². The molecule has 0 fully saturated rings. The second-order valence-electron chi connectivity index (χ2n) is 5.65. The highest BCUT2D eigenvalue weighted by atomic mass is 32.2. The minimum atomic E-state index is -0.655. The predicted octanol–water partition coefficient (Wildman–Crippen LogP) is 5.90. The molecule has 0 rings (SSSR count). The van der Waals surface area contributed by atoms with E-state index >= 15 is 0 Å². The number of carboxylic acid groups (broad SMARTS) is 1. The van der Waals surface area contributed by atoms with Gasteiger partial charge in [0.15, 0.2) is 0 Å². The molecule has 0 heterocycles. The number of hydrogen-bond donors (Lipinski definition) is 1. The summed E-state index contributed by atoms with van der Waals surface area (Å²) in [5.74, 6) is 2.03. The van der Waals surface area contributed by atoms with Crippen molar-refractivity contribution in [3.05, 3.63) is 0 Å². The van der Waals surface area contributed by atoms with Crippen molar-refractivity contribution in [3.63, 3.8) is 0 Å². The van der Waals surface area contributed by atoms with E-state index in [4.69, 9.17) is 5.11 Å². The van der Waals surface area contributed by atoms with Crippen LogP contribution < -0.4 is 0 Å². The van der Waals surface area contributed by atoms with Crippen molar-refractivity contribution in [1.82, 2.24) is 0 Å². The van der Waals surface area contributed by atoms with Crippen LogP contribution in [0.15, 0.2) is 0 Å². The fraction of sp³-hybridized carbons (Fsp3) is 0.941. The number of unbranched alkanes of at least 4 members (excludes halogenated alkanes) is 10. The van der Waals surface area contributed by atoms with Crippen LogP contribution in [0.25, 0.3) is 0 Å². The highest BCUT2D eigenvalue weighted by Crippen LogP contribution is 2.13. The number of thioether (sulfide) groups is 1. The van der Waals surface area contributed by atoms with Crippen molar-refractivity contribution in [2.75, 3.05) is 11.5 Å². The predicted molar refractivity (Wildman–Crippen MR) is 90.7 cm³/mol. The molecule has 0 saturated heterocycles. The van der Waals surface area contributed by atoms with Gasteiger partial charge in [-0.3, -0.25) is 4.79 Å². The van der Waals surface area contributed by atoms with Crippen LogP contribution in [0.2, 0.25) is 0 Å². The Morgan fingerprint density at radius 1 is 0.750 bits per heavy atom. The Balaban J connectivity index is 2.94. The summed E-state index contributed by atoms with van der Waals surface area (Å²) >= 11 is 2.13. The second kappa shape index (κ2) is 16.9. The number of hydrogen-bond acceptors (Lipinski definition) is 2. The first-order valence-electron chi connectivity index (χ1n) is 8.57. The van der Waals surface area contributed by atoms with Crippen molar-refractivity contribution in [2.45, 2.75) is 90.4 Å². The highest BCUT2D eigenvalue weighted by Gasteiger charge is 1.97. The Hall–Kier alpha value is -0.180. The molecule has 0 bridgehead atoms. The van der Waals surface area contributed by atoms with E-state index in [2.05, 4.69) is 18.7 Å². The summed E-state index contributed by atoms with van der Waals surface area (Å²) in [5.41, 5.74) is 0. The third-order valence-corrected chi connectivity index (χ3v) is 4.73. The van der Waals surface area contributed by atoms with Crippen LogP contribution in [-0.4, -0.2) is 22.6 Å². The maximum absolute atomic E-state index is 10.3. The minimum Gasteiger partial charge on any atom is -0.481 e. The Bertz CT molecular complexity index is 207. The molecule has 0 aliphatic rings. The Morgan fingerprint density at radius 2 is 1.20 bits per heavy atom. The fourth-order valence-corrected chi connectivity index (χ4v) is 3.29. The topological polar surface area (TPSA) is 37.3 Å². The third-order valence-electron chi connectivity index (χ3n) is 3.57. The van der Waals surface area contributed by atoms with Crippen LogP contribution in [0, 0.1) is 0 Å². The summed E-state index contributed by atoms with van der Waals surface area (Å²) in [6.45, 7) is 2.26. The first-order valence-corrected chi connectivity index (χ1v) is 9.72. The first-order chi connectivity index (χ1) is 9.77. The van der Waals surface area contributed by atoms with Gasteiger partial charge in [-0.1, -0.05) is 64.7 Å². The quantitative estimate of drug-likeness (QED) is 0.361. The summed E-state index contributed by atoms with van der Waals surface area (Å²) in [5, 5.41) is 8.52. The van der Waals surface area contributed by atoms with E-state index < -0.39 is 5.97 Å². The largest absolute Gasteiger partial charge is 0.481 e. The maximum atomic E-state index is 10.3. The molecule has 20 heavy (non-hydrogen) atoms. The Morgan fingerprint density at radius 3 is 1.70 bits per heavy atom. The second-order valence-corrected chi connectivity index (χ2v) is 6.87. The van der Waals surface area contributed by atoms with Crippen molar-refractivity contribution in [1.29, 1.82) is 0 Å². The Labute approximate surface area is 130 Å². The summed E-state index contributed by atoms with van der Waals surface area (Å²) in [6, 6.07) is 0. The molecular weight excluding hydrogens is 268 g/mol. The smallest absolute Gasteiger partial charge is 0.303 e. The van der Waals surface area contributed by atoms with E-state index in [0.29, 0.717) is 6.42 Å². The van der Waals surface area contributed by atoms with E-state index in [-0.39, 0.29) is 0 Å². The van der Waals surface area contributed by atoms with Crippen molar-refractivity contribution < 1.29 is 9.90 Å². The van der Waals surface area contributed by atoms with Gasteiger partial charge in [-0.2, -0.15) is 11.8 Å². The molecular formula is C17H34O2S. The molecule has 0 unspecified atom stereocenters. The van der Waals surface area contributed by atoms with Crippen molar-refractivity contribution in [2.24, 2.45) is 0 Å². The summed E-state index contributed by atoms with van der Waals surface area (Å²) < 4.78 is 0. The number of carboxylic acids is 1. The standard InChI is InChI=1S/C17H34O2S/c1-2-3-4-12-15-20-16-13-10-8-6-5-7-9-11-14-17(18)19/h2-16H2,1H3,(H,18,19). The highest BCUT2D eigenvalue weighted by molar-refractivity contribution is 7.99. The molecule has 0 aliphatic carbocycles. The molecule has 0 spiro atoms. The molecule has 2 nitrogen and oxygen atoms in total. The average Bonchev–Trinajstić information content (AvgIpc) is 2.43. The van der Waals surface area contributed by atoms with Gasteiger partial charge in [-0.05, 0) is 30.8 Å². The number of rotatable bonds is 16. The molecule has 0 radical (unpaired) electrons. The van der Waals surface area contributed by atoms with Gasteiger partial charge in [-0.15, -0.1) is 0 Å². The lowest BCUT2D eigenvalue weighted by atomic mass is 10.1. The van der Waals surface area contributed by atoms with Gasteiger partial charge in [0.05, 0.1) is 0 Å². The normalized spacial score (nSPS) is 10.8. The third kappa shape index (κ3) is 17.8. The summed E-state index contributed by atoms with van der Waals surface area (Å²) in [7, 11) is 0. The molecule has 0 saturated carbocycles. The van der Waals surface area contributed by atoms with Crippen LogP contribution in [-0.2, 0) is 4.79 Å². The maximum Gasteiger partial charge on any atom is 0.303 e. The molecule has 0 aromatic carbocycles. The average molecular weight is 303 g/mol. The molecule has 0 aromatic heterocycles. The summed E-state index contributed by atoms with van der Waals surface area (Å²) in [4.78, 5) is 10.3. The monoisotopic (exact) mass is 302 g/mol. The zero-order valence-corrected chi connectivity index (χ0v) is 14.2. The van der Waals surface area contributed by atoms with Crippen LogP contribution in [0.3, 0.4) is 0 Å². The zero-order valence-electron chi connectivity index (χ0n) is 13.4. The first kappa shape index (κ1) is 19.8. The Kier molecular flexibility index (Phi) is 16.7. The SMILES string of the molecule is CCCCCCSCCCCCCCCCCC(=O)O. The van der Waals surface area contributed by atoms with Gasteiger partial charge in [0.25, 0.3) is 0 Å². The van der Waals surface area contributed by atoms with Gasteiger partial charge < -0.3 is 5.11 Å². The molecule has 3 heteroatoms. The van der Waals surface area contributed by atoms with Gasteiger partial charge in [0.1, 0.15) is 0 Å². The minimum absolute atomic E-state index is 0.343. The molecule has 120 valence electrons. The summed E-state index contributed by atoms with van der Waals surface area (Å²) in [6.07, 6.45) is 15.7. The van der Waals surface area contributed by atoms with Crippen molar-refractivity contribution in [3.8, 4) is 0 Å². The van der Waals surface area contributed by atoms with E-state index in [1.165, 1.54) is 75.7 Å². The molecule has 0 aliphatic heterocycles. The van der Waals surface area contributed by atoms with Gasteiger partial charge in [0, 0.05) is 6.42 Å².